The van der Waals surface area contributed by atoms with Gasteiger partial charge in [0.05, 0.1) is 12.5 Å². The maximum Gasteiger partial charge on any atom is 0.161 e. The lowest BCUT2D eigenvalue weighted by molar-refractivity contribution is 1.71. The topological polar surface area (TPSA) is 0 Å². The molecule has 0 spiro atoms. The van der Waals surface area contributed by atoms with Crippen molar-refractivity contribution in [1.29, 1.82) is 0 Å². The van der Waals surface area contributed by atoms with Gasteiger partial charge in [-0.3, -0.25) is 0 Å². The summed E-state index contributed by atoms with van der Waals surface area (Å²) < 4.78 is 0. The highest BCUT2D eigenvalue weighted by atomic mass is 32.2. The Morgan fingerprint density at radius 1 is 1.40 bits per heavy atom. The lowest BCUT2D eigenvalue weighted by Gasteiger charge is -1.79. The van der Waals surface area contributed by atoms with E-state index in [-0.39, 0.29) is 0 Å². The Morgan fingerprint density at radius 2 is 1.60 bits per heavy atom. The van der Waals surface area contributed by atoms with Gasteiger partial charge in [-0.05, 0) is 17.8 Å². The van der Waals surface area contributed by atoms with Crippen molar-refractivity contribution in [3.8, 4) is 0 Å². The summed E-state index contributed by atoms with van der Waals surface area (Å²) in [5, 5.41) is 0. The van der Waals surface area contributed by atoms with Gasteiger partial charge in [-0.15, -0.1) is 0 Å². The molecule has 0 amide bonds. The average molecular weight is 90.2 g/mol. The van der Waals surface area contributed by atoms with Gasteiger partial charge in [0.2, 0.25) is 0 Å². The van der Waals surface area contributed by atoms with E-state index >= 15 is 0 Å². The zero-order chi connectivity index (χ0) is 4.28. The van der Waals surface area contributed by atoms with Gasteiger partial charge >= 0.3 is 0 Å². The minimum atomic E-state index is 0.552. The maximum absolute atomic E-state index is 2.19. The Bertz CT molecular complexity index is 17.6. The molecule has 0 bridgehead atoms. The van der Waals surface area contributed by atoms with Crippen molar-refractivity contribution in [2.24, 2.45) is 0 Å². The molecule has 0 saturated heterocycles. The molecule has 0 aliphatic carbocycles. The van der Waals surface area contributed by atoms with E-state index in [1.807, 2.05) is 0 Å². The fourth-order valence-electron chi connectivity index (χ4n) is 0. The van der Waals surface area contributed by atoms with Crippen molar-refractivity contribution in [2.75, 3.05) is 12.5 Å². The van der Waals surface area contributed by atoms with E-state index in [1.165, 1.54) is 0 Å². The molecular weight excluding hydrogens is 80.1 g/mol. The van der Waals surface area contributed by atoms with Crippen molar-refractivity contribution in [3.05, 3.63) is 5.75 Å². The van der Waals surface area contributed by atoms with Crippen LogP contribution in [0.5, 0.6) is 0 Å². The van der Waals surface area contributed by atoms with Crippen molar-refractivity contribution < 1.29 is 0 Å². The molecule has 0 atom stereocenters. The highest BCUT2D eigenvalue weighted by Crippen LogP contribution is 1.84. The van der Waals surface area contributed by atoms with Crippen LogP contribution in [0.1, 0.15) is 6.92 Å². The summed E-state index contributed by atoms with van der Waals surface area (Å²) >= 11 is 0. The first-order valence-electron chi connectivity index (χ1n) is 1.63. The lowest BCUT2D eigenvalue weighted by atomic mass is 11.0. The predicted molar refractivity (Wildman–Crippen MR) is 29.2 cm³/mol. The molecule has 0 saturated carbocycles. The van der Waals surface area contributed by atoms with Crippen LogP contribution in [-0.4, -0.2) is 12.5 Å². The smallest absolute Gasteiger partial charge is 0.0119 e. The van der Waals surface area contributed by atoms with Gasteiger partial charge in [0, 0.05) is 0 Å². The molecule has 5 heavy (non-hydrogen) atoms. The van der Waals surface area contributed by atoms with Crippen LogP contribution in [-0.2, 0) is 10.9 Å². The molecule has 0 unspecified atom stereocenters. The predicted octanol–water partition coefficient (Wildman–Crippen LogP) is 1.05. The summed E-state index contributed by atoms with van der Waals surface area (Å²) in [4.78, 5) is 0. The molecule has 1 radical (unpaired) electrons. The second kappa shape index (κ2) is 2.58. The van der Waals surface area contributed by atoms with Gasteiger partial charge in [0.15, 0.2) is 5.75 Å². The summed E-state index contributed by atoms with van der Waals surface area (Å²) in [6, 6.07) is 0. The molecule has 0 aromatic heterocycles. The summed E-state index contributed by atoms with van der Waals surface area (Å²) in [5.41, 5.74) is 0. The zero-order valence-corrected chi connectivity index (χ0v) is 4.80. The molecule has 0 nitrogen and oxygen atoms in total. The fraction of sp³-hybridized carbons (Fsp3) is 0.750. The van der Waals surface area contributed by atoms with Crippen molar-refractivity contribution >= 4 is 10.9 Å². The van der Waals surface area contributed by atoms with E-state index in [0.717, 1.165) is 0 Å². The standard InChI is InChI=1S/C4H10S/c1-4-5(2)3/h4H,1-3H3/q+1. The molecule has 0 aromatic rings. The van der Waals surface area contributed by atoms with Gasteiger partial charge < -0.3 is 0 Å². The largest absolute Gasteiger partial charge is 0.161 e. The Morgan fingerprint density at radius 3 is 1.60 bits per heavy atom. The van der Waals surface area contributed by atoms with Crippen LogP contribution in [0, 0.1) is 5.75 Å². The molecule has 0 aromatic carbocycles. The van der Waals surface area contributed by atoms with Crippen LogP contribution in [0.15, 0.2) is 0 Å². The molecule has 0 heterocycles. The zero-order valence-electron chi connectivity index (χ0n) is 3.99. The summed E-state index contributed by atoms with van der Waals surface area (Å²) in [6.07, 6.45) is 4.39. The van der Waals surface area contributed by atoms with Gasteiger partial charge in [0.25, 0.3) is 0 Å². The third-order valence-corrected chi connectivity index (χ3v) is 1.41. The Balaban J connectivity index is 2.54. The maximum atomic E-state index is 2.19. The summed E-state index contributed by atoms with van der Waals surface area (Å²) in [7, 11) is 0.552. The van der Waals surface area contributed by atoms with E-state index in [2.05, 4.69) is 25.2 Å². The van der Waals surface area contributed by atoms with E-state index in [1.54, 1.807) is 0 Å². The van der Waals surface area contributed by atoms with E-state index in [0.29, 0.717) is 10.9 Å². The normalized spacial score (nSPS) is 9.60. The van der Waals surface area contributed by atoms with Crippen molar-refractivity contribution in [2.45, 2.75) is 6.92 Å². The van der Waals surface area contributed by atoms with Gasteiger partial charge in [0.1, 0.15) is 0 Å². The highest BCUT2D eigenvalue weighted by Gasteiger charge is 1.91. The van der Waals surface area contributed by atoms with Gasteiger partial charge in [-0.2, -0.15) is 0 Å². The van der Waals surface area contributed by atoms with Crippen LogP contribution < -0.4 is 0 Å². The molecule has 0 aliphatic heterocycles. The van der Waals surface area contributed by atoms with E-state index in [9.17, 15) is 0 Å². The third kappa shape index (κ3) is 4.35. The summed E-state index contributed by atoms with van der Waals surface area (Å²) in [6.45, 7) is 2.09. The molecule has 0 fully saturated rings. The quantitative estimate of drug-likeness (QED) is 0.422. The highest BCUT2D eigenvalue weighted by molar-refractivity contribution is 7.97. The molecule has 0 rings (SSSR count). The first kappa shape index (κ1) is 5.35. The first-order chi connectivity index (χ1) is 2.27. The molecule has 0 aliphatic rings. The molecular formula is C4H10S+. The SMILES string of the molecule is C[CH][S+](C)C. The van der Waals surface area contributed by atoms with Crippen LogP contribution in [0.25, 0.3) is 0 Å². The Labute approximate surface area is 36.9 Å². The molecule has 31 valence electrons. The Kier molecular flexibility index (Phi) is 2.76. The number of hydrogen-bond acceptors (Lipinski definition) is 0. The van der Waals surface area contributed by atoms with E-state index in [4.69, 9.17) is 0 Å². The van der Waals surface area contributed by atoms with Crippen LogP contribution in [0.2, 0.25) is 0 Å². The molecule has 0 N–H and O–H groups in total. The second-order valence-electron chi connectivity index (χ2n) is 1.12. The van der Waals surface area contributed by atoms with Crippen LogP contribution >= 0.6 is 0 Å². The number of hydrogen-bond donors (Lipinski definition) is 0. The van der Waals surface area contributed by atoms with Crippen molar-refractivity contribution in [3.63, 3.8) is 0 Å². The van der Waals surface area contributed by atoms with Gasteiger partial charge in [-0.1, -0.05) is 0 Å². The van der Waals surface area contributed by atoms with Crippen LogP contribution in [0.4, 0.5) is 0 Å². The first-order valence-corrected chi connectivity index (χ1v) is 3.73. The van der Waals surface area contributed by atoms with Crippen LogP contribution in [0.3, 0.4) is 0 Å². The fourth-order valence-corrected chi connectivity index (χ4v) is 0. The third-order valence-electron chi connectivity index (χ3n) is 0.471. The minimum absolute atomic E-state index is 0.552. The lowest BCUT2D eigenvalue weighted by Crippen LogP contribution is -1.88. The minimum Gasteiger partial charge on any atom is -0.0119 e. The monoisotopic (exact) mass is 90.0 g/mol. The van der Waals surface area contributed by atoms with Gasteiger partial charge in [-0.25, -0.2) is 0 Å². The number of rotatable bonds is 1. The summed E-state index contributed by atoms with van der Waals surface area (Å²) in [5.74, 6) is 2.19. The second-order valence-corrected chi connectivity index (χ2v) is 3.35. The Hall–Kier alpha value is 0.350. The van der Waals surface area contributed by atoms with Crippen molar-refractivity contribution in [1.82, 2.24) is 0 Å². The van der Waals surface area contributed by atoms with E-state index < -0.39 is 0 Å². The average Bonchev–Trinajstić information content (AvgIpc) is 1.38. The molecule has 1 heteroatoms.